The lowest BCUT2D eigenvalue weighted by atomic mass is 9.83. The average Bonchev–Trinajstić information content (AvgIpc) is 3.16. The van der Waals surface area contributed by atoms with Gasteiger partial charge in [0.25, 0.3) is 5.91 Å². The molecule has 0 aliphatic carbocycles. The normalized spacial score (nSPS) is 15.6. The molecule has 1 amide bonds. The van der Waals surface area contributed by atoms with Gasteiger partial charge >= 0.3 is 11.9 Å². The van der Waals surface area contributed by atoms with Crippen LogP contribution in [0.2, 0.25) is 0 Å². The molecule has 0 bridgehead atoms. The van der Waals surface area contributed by atoms with E-state index in [2.05, 4.69) is 10.3 Å². The van der Waals surface area contributed by atoms with E-state index in [1.54, 1.807) is 0 Å². The molecule has 0 saturated carbocycles. The van der Waals surface area contributed by atoms with Crippen molar-refractivity contribution in [3.63, 3.8) is 0 Å². The maximum atomic E-state index is 13.7. The van der Waals surface area contributed by atoms with Gasteiger partial charge in [0.2, 0.25) is 0 Å². The molecule has 174 valence electrons. The maximum Gasteiger partial charge on any atom is 0.417 e. The molecule has 1 atom stereocenters. The van der Waals surface area contributed by atoms with Crippen molar-refractivity contribution in [2.24, 2.45) is 0 Å². The lowest BCUT2D eigenvalue weighted by Crippen LogP contribution is -2.21. The van der Waals surface area contributed by atoms with Crippen molar-refractivity contribution in [1.82, 2.24) is 4.98 Å². The van der Waals surface area contributed by atoms with E-state index in [0.717, 1.165) is 18.2 Å². The second kappa shape index (κ2) is 8.05. The Hall–Kier alpha value is -4.08. The van der Waals surface area contributed by atoms with Crippen LogP contribution >= 0.6 is 0 Å². The second-order valence-corrected chi connectivity index (χ2v) is 7.85. The van der Waals surface area contributed by atoms with Crippen LogP contribution in [0.5, 0.6) is 5.75 Å². The number of hydrogen-bond donors (Lipinski definition) is 2. The highest BCUT2D eigenvalue weighted by Crippen LogP contribution is 2.42. The molecule has 0 fully saturated rings. The molecule has 2 N–H and O–H groups in total. The van der Waals surface area contributed by atoms with Crippen LogP contribution in [0, 0.1) is 5.82 Å². The van der Waals surface area contributed by atoms with Gasteiger partial charge in [-0.05, 0) is 48.4 Å². The first-order chi connectivity index (χ1) is 16.2. The number of alkyl halides is 3. The lowest BCUT2D eigenvalue weighted by molar-refractivity contribution is -0.137. The van der Waals surface area contributed by atoms with Crippen molar-refractivity contribution in [3.8, 4) is 5.75 Å². The number of H-pyrrole nitrogens is 1. The number of oxazole rings is 1. The predicted molar refractivity (Wildman–Crippen MR) is 115 cm³/mol. The number of aromatic amines is 1. The highest BCUT2D eigenvalue weighted by atomic mass is 19.4. The van der Waals surface area contributed by atoms with Crippen LogP contribution in [-0.2, 0) is 6.18 Å². The van der Waals surface area contributed by atoms with Crippen molar-refractivity contribution in [3.05, 3.63) is 93.2 Å². The summed E-state index contributed by atoms with van der Waals surface area (Å²) in [7, 11) is 0. The van der Waals surface area contributed by atoms with E-state index in [0.29, 0.717) is 23.2 Å². The summed E-state index contributed by atoms with van der Waals surface area (Å²) in [5.74, 6) is -2.21. The van der Waals surface area contributed by atoms with Crippen LogP contribution in [0.4, 0.5) is 23.2 Å². The van der Waals surface area contributed by atoms with E-state index in [9.17, 15) is 27.2 Å². The molecular weight excluding hydrogens is 456 g/mol. The Balaban J connectivity index is 1.57. The molecule has 1 aromatic heterocycles. The zero-order valence-corrected chi connectivity index (χ0v) is 17.3. The Labute approximate surface area is 189 Å². The molecule has 4 aromatic rings. The smallest absolute Gasteiger partial charge is 0.417 e. The maximum absolute atomic E-state index is 13.7. The second-order valence-electron chi connectivity index (χ2n) is 7.85. The van der Waals surface area contributed by atoms with E-state index in [-0.39, 0.29) is 29.1 Å². The lowest BCUT2D eigenvalue weighted by Gasteiger charge is -2.28. The topological polar surface area (TPSA) is 84.3 Å². The number of fused-ring (bicyclic) bond motifs is 2. The van der Waals surface area contributed by atoms with E-state index in [4.69, 9.17) is 9.15 Å². The number of nitrogens with one attached hydrogen (secondary N) is 2. The average molecular weight is 472 g/mol. The molecule has 0 spiro atoms. The molecule has 1 aliphatic heterocycles. The summed E-state index contributed by atoms with van der Waals surface area (Å²) in [6.07, 6.45) is -4.31. The van der Waals surface area contributed by atoms with Crippen molar-refractivity contribution < 1.29 is 31.5 Å². The largest absolute Gasteiger partial charge is 0.493 e. The van der Waals surface area contributed by atoms with Gasteiger partial charge in [0, 0.05) is 34.9 Å². The van der Waals surface area contributed by atoms with Gasteiger partial charge in [-0.3, -0.25) is 9.78 Å². The number of hydrogen-bond acceptors (Lipinski definition) is 4. The van der Waals surface area contributed by atoms with E-state index in [1.807, 2.05) is 0 Å². The molecule has 1 unspecified atom stereocenters. The van der Waals surface area contributed by atoms with Gasteiger partial charge in [-0.1, -0.05) is 6.07 Å². The van der Waals surface area contributed by atoms with Crippen LogP contribution < -0.4 is 15.8 Å². The van der Waals surface area contributed by atoms with Crippen LogP contribution in [0.25, 0.3) is 11.1 Å². The minimum absolute atomic E-state index is 0.0331. The number of rotatable bonds is 3. The summed E-state index contributed by atoms with van der Waals surface area (Å²) in [5, 5.41) is 2.64. The first kappa shape index (κ1) is 21.7. The Morgan fingerprint density at radius 2 is 1.85 bits per heavy atom. The number of anilines is 1. The summed E-state index contributed by atoms with van der Waals surface area (Å²) in [6.45, 7) is 0.154. The molecule has 2 heterocycles. The first-order valence-electron chi connectivity index (χ1n) is 10.3. The number of aromatic nitrogens is 1. The van der Waals surface area contributed by atoms with Gasteiger partial charge in [0.1, 0.15) is 11.6 Å². The van der Waals surface area contributed by atoms with Gasteiger partial charge in [-0.15, -0.1) is 0 Å². The first-order valence-corrected chi connectivity index (χ1v) is 10.3. The van der Waals surface area contributed by atoms with Crippen LogP contribution in [0.15, 0.2) is 63.8 Å². The van der Waals surface area contributed by atoms with E-state index < -0.39 is 35.1 Å². The standard InChI is InChI=1S/C24H16F4N2O4/c25-13-2-5-16-15(7-8-33-20(16)10-13)18-9-12(24(26,27)28)1-4-17(18)22(31)29-14-3-6-19-21(11-14)34-23(32)30-19/h1-6,9-11,15H,7-8H2,(H,29,31)(H,30,32). The summed E-state index contributed by atoms with van der Waals surface area (Å²) < 4.78 is 64.7. The van der Waals surface area contributed by atoms with Crippen LogP contribution in [0.3, 0.4) is 0 Å². The van der Waals surface area contributed by atoms with Crippen molar-refractivity contribution in [1.29, 1.82) is 0 Å². The zero-order valence-electron chi connectivity index (χ0n) is 17.3. The molecule has 34 heavy (non-hydrogen) atoms. The van der Waals surface area contributed by atoms with Crippen LogP contribution in [-0.4, -0.2) is 17.5 Å². The fourth-order valence-corrected chi connectivity index (χ4v) is 4.14. The molecule has 6 nitrogen and oxygen atoms in total. The Morgan fingerprint density at radius 1 is 1.03 bits per heavy atom. The van der Waals surface area contributed by atoms with Crippen LogP contribution in [0.1, 0.15) is 39.4 Å². The Morgan fingerprint density at radius 3 is 2.65 bits per heavy atom. The third-order valence-electron chi connectivity index (χ3n) is 5.69. The Bertz CT molecular complexity index is 1470. The molecule has 3 aromatic carbocycles. The summed E-state index contributed by atoms with van der Waals surface area (Å²) in [5.41, 5.74) is 0.727. The third-order valence-corrected chi connectivity index (χ3v) is 5.69. The minimum Gasteiger partial charge on any atom is -0.493 e. The van der Waals surface area contributed by atoms with Gasteiger partial charge in [-0.25, -0.2) is 9.18 Å². The number of amides is 1. The highest BCUT2D eigenvalue weighted by Gasteiger charge is 2.34. The number of carbonyl (C=O) groups excluding carboxylic acids is 1. The molecular formula is C24H16F4N2O4. The molecule has 0 saturated heterocycles. The third kappa shape index (κ3) is 4.02. The quantitative estimate of drug-likeness (QED) is 0.389. The van der Waals surface area contributed by atoms with Crippen molar-refractivity contribution in [2.75, 3.05) is 11.9 Å². The fourth-order valence-electron chi connectivity index (χ4n) is 4.14. The molecule has 5 rings (SSSR count). The number of benzene rings is 3. The minimum atomic E-state index is -4.61. The van der Waals surface area contributed by atoms with Crippen molar-refractivity contribution >= 4 is 22.7 Å². The van der Waals surface area contributed by atoms with Crippen molar-refractivity contribution in [2.45, 2.75) is 18.5 Å². The number of ether oxygens (including phenoxy) is 1. The van der Waals surface area contributed by atoms with Gasteiger partial charge in [0.15, 0.2) is 5.58 Å². The number of halogens is 4. The predicted octanol–water partition coefficient (Wildman–Crippen LogP) is 5.45. The molecule has 10 heteroatoms. The van der Waals surface area contributed by atoms with Gasteiger partial charge in [-0.2, -0.15) is 13.2 Å². The van der Waals surface area contributed by atoms with E-state index in [1.165, 1.54) is 36.4 Å². The fraction of sp³-hybridized carbons (Fsp3) is 0.167. The SMILES string of the molecule is O=C(Nc1ccc2[nH]c(=O)oc2c1)c1ccc(C(F)(F)F)cc1C1CCOc2cc(F)ccc21. The van der Waals surface area contributed by atoms with Gasteiger partial charge < -0.3 is 14.5 Å². The van der Waals surface area contributed by atoms with Gasteiger partial charge in [0.05, 0.1) is 17.7 Å². The number of carbonyl (C=O) groups is 1. The highest BCUT2D eigenvalue weighted by molar-refractivity contribution is 6.06. The Kier molecular flexibility index (Phi) is 5.15. The van der Waals surface area contributed by atoms with E-state index >= 15 is 0 Å². The summed E-state index contributed by atoms with van der Waals surface area (Å²) in [6, 6.07) is 11.3. The monoisotopic (exact) mass is 472 g/mol. The molecule has 1 aliphatic rings. The summed E-state index contributed by atoms with van der Waals surface area (Å²) in [4.78, 5) is 27.0. The molecule has 0 radical (unpaired) electrons. The summed E-state index contributed by atoms with van der Waals surface area (Å²) >= 11 is 0. The zero-order chi connectivity index (χ0) is 24.0.